The summed E-state index contributed by atoms with van der Waals surface area (Å²) < 4.78 is 16.5. The van der Waals surface area contributed by atoms with Crippen LogP contribution in [0.3, 0.4) is 0 Å². The molecular weight excluding hydrogens is 470 g/mol. The third-order valence-corrected chi connectivity index (χ3v) is 7.93. The highest BCUT2D eigenvalue weighted by molar-refractivity contribution is 6.32. The normalized spacial score (nSPS) is 22.5. The highest BCUT2D eigenvalue weighted by Gasteiger charge is 2.72. The van der Waals surface area contributed by atoms with E-state index >= 15 is 0 Å². The Bertz CT molecular complexity index is 1460. The average molecular weight is 496 g/mol. The highest BCUT2D eigenvalue weighted by Crippen LogP contribution is 2.61. The van der Waals surface area contributed by atoms with Crippen molar-refractivity contribution >= 4 is 29.3 Å². The number of fused-ring (bicyclic) bond motifs is 5. The molecular formula is C30H25NO6. The third-order valence-electron chi connectivity index (χ3n) is 7.93. The summed E-state index contributed by atoms with van der Waals surface area (Å²) in [6.07, 6.45) is 3.79. The van der Waals surface area contributed by atoms with Crippen molar-refractivity contribution < 1.29 is 28.6 Å². The molecule has 7 nitrogen and oxygen atoms in total. The van der Waals surface area contributed by atoms with Crippen LogP contribution in [0, 0.1) is 5.41 Å². The molecule has 2 aliphatic heterocycles. The molecule has 7 heteroatoms. The van der Waals surface area contributed by atoms with E-state index in [0.717, 1.165) is 11.3 Å². The fraction of sp³-hybridized carbons (Fsp3) is 0.233. The van der Waals surface area contributed by atoms with Crippen molar-refractivity contribution in [3.63, 3.8) is 0 Å². The lowest BCUT2D eigenvalue weighted by atomic mass is 9.64. The minimum Gasteiger partial charge on any atom is -0.497 e. The van der Waals surface area contributed by atoms with Gasteiger partial charge in [-0.05, 0) is 17.7 Å². The van der Waals surface area contributed by atoms with Gasteiger partial charge in [0.25, 0.3) is 0 Å². The summed E-state index contributed by atoms with van der Waals surface area (Å²) in [5.74, 6) is -1.06. The number of carbonyl (C=O) groups is 3. The summed E-state index contributed by atoms with van der Waals surface area (Å²) in [6, 6.07) is 18.1. The van der Waals surface area contributed by atoms with Gasteiger partial charge in [0, 0.05) is 34.4 Å². The van der Waals surface area contributed by atoms with Gasteiger partial charge in [-0.25, -0.2) is 4.79 Å². The van der Waals surface area contributed by atoms with Gasteiger partial charge in [0.05, 0.1) is 27.4 Å². The fourth-order valence-corrected chi connectivity index (χ4v) is 6.43. The Morgan fingerprint density at radius 2 is 1.54 bits per heavy atom. The topological polar surface area (TPSA) is 82.1 Å². The maximum absolute atomic E-state index is 14.5. The molecule has 37 heavy (non-hydrogen) atoms. The molecule has 1 spiro atoms. The van der Waals surface area contributed by atoms with E-state index in [1.165, 1.54) is 14.2 Å². The molecule has 0 saturated carbocycles. The molecule has 3 aliphatic rings. The van der Waals surface area contributed by atoms with Crippen LogP contribution >= 0.6 is 0 Å². The summed E-state index contributed by atoms with van der Waals surface area (Å²) >= 11 is 0. The summed E-state index contributed by atoms with van der Waals surface area (Å²) in [5.41, 5.74) is 1.34. The SMILES string of the molecule is COC(=O)[C@H]1[C@@H](c2ccc(OC)cc2OC)C2(C(=O)c3ccccc3C2=O)[C@H]2C=Cc3ccccc3N12. The van der Waals surface area contributed by atoms with E-state index in [1.807, 2.05) is 41.3 Å². The van der Waals surface area contributed by atoms with Gasteiger partial charge in [-0.2, -0.15) is 0 Å². The third kappa shape index (κ3) is 2.91. The number of hydrogen-bond acceptors (Lipinski definition) is 7. The lowest BCUT2D eigenvalue weighted by Crippen LogP contribution is -2.48. The van der Waals surface area contributed by atoms with Crippen molar-refractivity contribution in [3.05, 3.63) is 95.1 Å². The second-order valence-corrected chi connectivity index (χ2v) is 9.40. The number of hydrogen-bond donors (Lipinski definition) is 0. The van der Waals surface area contributed by atoms with Crippen LogP contribution in [0.25, 0.3) is 6.08 Å². The molecule has 0 amide bonds. The molecule has 186 valence electrons. The van der Waals surface area contributed by atoms with E-state index in [0.29, 0.717) is 28.2 Å². The zero-order valence-electron chi connectivity index (χ0n) is 20.6. The quantitative estimate of drug-likeness (QED) is 0.394. The molecule has 3 atom stereocenters. The smallest absolute Gasteiger partial charge is 0.329 e. The molecule has 1 aliphatic carbocycles. The number of esters is 1. The number of rotatable bonds is 4. The van der Waals surface area contributed by atoms with Crippen molar-refractivity contribution in [3.8, 4) is 11.5 Å². The van der Waals surface area contributed by atoms with E-state index in [1.54, 1.807) is 49.6 Å². The Hall–Kier alpha value is -4.39. The number of nitrogens with zero attached hydrogens (tertiary/aromatic N) is 1. The van der Waals surface area contributed by atoms with Gasteiger partial charge in [-0.1, -0.05) is 60.7 Å². The predicted octanol–water partition coefficient (Wildman–Crippen LogP) is 4.31. The van der Waals surface area contributed by atoms with Crippen molar-refractivity contribution in [2.45, 2.75) is 18.0 Å². The van der Waals surface area contributed by atoms with Crippen LogP contribution in [-0.4, -0.2) is 50.9 Å². The lowest BCUT2D eigenvalue weighted by molar-refractivity contribution is -0.142. The molecule has 1 saturated heterocycles. The summed E-state index contributed by atoms with van der Waals surface area (Å²) in [6.45, 7) is 0. The van der Waals surface area contributed by atoms with Crippen molar-refractivity contribution in [2.24, 2.45) is 5.41 Å². The number of para-hydroxylation sites is 1. The minimum absolute atomic E-state index is 0.304. The predicted molar refractivity (Wildman–Crippen MR) is 137 cm³/mol. The van der Waals surface area contributed by atoms with Crippen LogP contribution in [0.1, 0.15) is 37.8 Å². The van der Waals surface area contributed by atoms with Crippen molar-refractivity contribution in [2.75, 3.05) is 26.2 Å². The standard InChI is InChI=1S/C30H25NO6/c1-35-18-13-14-21(23(16-18)36-2)25-26(29(34)37-3)31-22-11-7-4-8-17(22)12-15-24(31)30(25)27(32)19-9-5-6-10-20(19)28(30)33/h4-16,24-26H,1-3H3/t24-,25-,26-/m1/s1. The number of ketones is 2. The van der Waals surface area contributed by atoms with E-state index in [4.69, 9.17) is 14.2 Å². The zero-order chi connectivity index (χ0) is 25.9. The Labute approximate surface area is 214 Å². The second-order valence-electron chi connectivity index (χ2n) is 9.40. The average Bonchev–Trinajstić information content (AvgIpc) is 3.38. The molecule has 0 aromatic heterocycles. The van der Waals surface area contributed by atoms with Gasteiger partial charge >= 0.3 is 5.97 Å². The van der Waals surface area contributed by atoms with Gasteiger partial charge in [-0.3, -0.25) is 9.59 Å². The molecule has 3 aromatic rings. The Balaban J connectivity index is 1.70. The van der Waals surface area contributed by atoms with Crippen LogP contribution in [-0.2, 0) is 9.53 Å². The largest absolute Gasteiger partial charge is 0.497 e. The van der Waals surface area contributed by atoms with Crippen LogP contribution in [0.15, 0.2) is 72.8 Å². The molecule has 0 bridgehead atoms. The van der Waals surface area contributed by atoms with Crippen LogP contribution < -0.4 is 14.4 Å². The van der Waals surface area contributed by atoms with E-state index in [-0.39, 0.29) is 11.6 Å². The molecule has 0 unspecified atom stereocenters. The van der Waals surface area contributed by atoms with Crippen LogP contribution in [0.5, 0.6) is 11.5 Å². The van der Waals surface area contributed by atoms with Gasteiger partial charge in [0.2, 0.25) is 0 Å². The van der Waals surface area contributed by atoms with E-state index in [9.17, 15) is 14.4 Å². The first-order valence-electron chi connectivity index (χ1n) is 12.0. The maximum Gasteiger partial charge on any atom is 0.329 e. The molecule has 0 radical (unpaired) electrons. The summed E-state index contributed by atoms with van der Waals surface area (Å²) in [4.78, 5) is 44.4. The number of methoxy groups -OCH3 is 3. The first-order valence-corrected chi connectivity index (χ1v) is 12.0. The monoisotopic (exact) mass is 495 g/mol. The number of Topliss-reactive ketones (excluding diaryl/α,β-unsaturated/α-hetero) is 2. The summed E-state index contributed by atoms with van der Waals surface area (Å²) in [7, 11) is 4.39. The number of carbonyl (C=O) groups excluding carboxylic acids is 3. The van der Waals surface area contributed by atoms with Crippen molar-refractivity contribution in [1.29, 1.82) is 0 Å². The van der Waals surface area contributed by atoms with Gasteiger partial charge in [0.1, 0.15) is 23.0 Å². The zero-order valence-corrected chi connectivity index (χ0v) is 20.6. The Kier molecular flexibility index (Phi) is 5.19. The molecule has 3 aromatic carbocycles. The molecule has 6 rings (SSSR count). The van der Waals surface area contributed by atoms with E-state index < -0.39 is 29.4 Å². The van der Waals surface area contributed by atoms with Gasteiger partial charge < -0.3 is 19.1 Å². The number of ether oxygens (including phenoxy) is 3. The van der Waals surface area contributed by atoms with Gasteiger partial charge in [0.15, 0.2) is 11.6 Å². The lowest BCUT2D eigenvalue weighted by Gasteiger charge is -2.36. The minimum atomic E-state index is -1.60. The van der Waals surface area contributed by atoms with Crippen molar-refractivity contribution in [1.82, 2.24) is 0 Å². The maximum atomic E-state index is 14.5. The Morgan fingerprint density at radius 1 is 0.865 bits per heavy atom. The van der Waals surface area contributed by atoms with E-state index in [2.05, 4.69) is 0 Å². The number of anilines is 1. The molecule has 1 fully saturated rings. The Morgan fingerprint density at radius 3 is 2.19 bits per heavy atom. The fourth-order valence-electron chi connectivity index (χ4n) is 6.43. The first-order chi connectivity index (χ1) is 18.0. The van der Waals surface area contributed by atoms with Gasteiger partial charge in [-0.15, -0.1) is 0 Å². The molecule has 0 N–H and O–H groups in total. The molecule has 2 heterocycles. The van der Waals surface area contributed by atoms with Crippen LogP contribution in [0.4, 0.5) is 5.69 Å². The summed E-state index contributed by atoms with van der Waals surface area (Å²) in [5, 5.41) is 0. The first kappa shape index (κ1) is 23.0. The van der Waals surface area contributed by atoms with Crippen LogP contribution in [0.2, 0.25) is 0 Å². The second kappa shape index (κ2) is 8.34. The highest BCUT2D eigenvalue weighted by atomic mass is 16.5. The number of benzene rings is 3.